The van der Waals surface area contributed by atoms with Crippen molar-refractivity contribution >= 4 is 11.9 Å². The van der Waals surface area contributed by atoms with Crippen molar-refractivity contribution in [3.05, 3.63) is 12.2 Å². The molecule has 0 spiro atoms. The molecule has 5 heteroatoms. The topological polar surface area (TPSA) is 61.8 Å². The minimum absolute atomic E-state index is 0.0224. The van der Waals surface area contributed by atoms with Crippen LogP contribution in [0.3, 0.4) is 0 Å². The molecule has 3 aliphatic carbocycles. The lowest BCUT2D eigenvalue weighted by molar-refractivity contribution is -0.184. The van der Waals surface area contributed by atoms with E-state index in [4.69, 9.17) is 14.2 Å². The van der Waals surface area contributed by atoms with Crippen LogP contribution in [0.2, 0.25) is 0 Å². The number of allylic oxidation sites excluding steroid dienone is 2. The zero-order valence-electron chi connectivity index (χ0n) is 14.9. The number of rotatable bonds is 5. The zero-order chi connectivity index (χ0) is 17.4. The Morgan fingerprint density at radius 2 is 1.96 bits per heavy atom. The summed E-state index contributed by atoms with van der Waals surface area (Å²) in [4.78, 5) is 23.9. The molecular formula is C20H28O5. The number of carbonyl (C=O) groups excluding carboxylic acids is 2. The van der Waals surface area contributed by atoms with Crippen LogP contribution < -0.4 is 0 Å². The molecule has 0 N–H and O–H groups in total. The molecule has 2 saturated carbocycles. The lowest BCUT2D eigenvalue weighted by atomic mass is 9.90. The van der Waals surface area contributed by atoms with Crippen molar-refractivity contribution in [1.29, 1.82) is 0 Å². The van der Waals surface area contributed by atoms with Gasteiger partial charge in [-0.2, -0.15) is 0 Å². The highest BCUT2D eigenvalue weighted by Gasteiger charge is 2.51. The predicted molar refractivity (Wildman–Crippen MR) is 90.7 cm³/mol. The molecule has 25 heavy (non-hydrogen) atoms. The quantitative estimate of drug-likeness (QED) is 0.564. The highest BCUT2D eigenvalue weighted by Crippen LogP contribution is 2.47. The molecule has 0 amide bonds. The van der Waals surface area contributed by atoms with Crippen molar-refractivity contribution in [3.63, 3.8) is 0 Å². The summed E-state index contributed by atoms with van der Waals surface area (Å²) in [6.07, 6.45) is 12.0. The van der Waals surface area contributed by atoms with Gasteiger partial charge in [0, 0.05) is 6.92 Å². The van der Waals surface area contributed by atoms with Crippen LogP contribution in [0, 0.1) is 17.8 Å². The molecule has 0 radical (unpaired) electrons. The number of hydrogen-bond donors (Lipinski definition) is 0. The molecule has 0 aromatic heterocycles. The molecule has 0 aromatic rings. The molecule has 1 aliphatic heterocycles. The van der Waals surface area contributed by atoms with Crippen LogP contribution in [-0.2, 0) is 23.8 Å². The Hall–Kier alpha value is -1.36. The first-order chi connectivity index (χ1) is 12.1. The van der Waals surface area contributed by atoms with Gasteiger partial charge in [-0.25, -0.2) is 0 Å². The summed E-state index contributed by atoms with van der Waals surface area (Å²) in [6.45, 7) is 1.71. The van der Waals surface area contributed by atoms with E-state index in [2.05, 4.69) is 12.2 Å². The molecule has 2 bridgehead atoms. The monoisotopic (exact) mass is 348 g/mol. The molecule has 1 heterocycles. The minimum Gasteiger partial charge on any atom is -0.463 e. The fourth-order valence-electron chi connectivity index (χ4n) is 5.22. The summed E-state index contributed by atoms with van der Waals surface area (Å²) in [5.74, 6) is 0.671. The van der Waals surface area contributed by atoms with Crippen LogP contribution in [0.25, 0.3) is 0 Å². The largest absolute Gasteiger partial charge is 0.463 e. The number of carbonyl (C=O) groups is 2. The van der Waals surface area contributed by atoms with Gasteiger partial charge in [-0.1, -0.05) is 12.2 Å². The molecule has 4 rings (SSSR count). The first-order valence-corrected chi connectivity index (χ1v) is 9.76. The van der Waals surface area contributed by atoms with Gasteiger partial charge in [-0.05, 0) is 63.2 Å². The van der Waals surface area contributed by atoms with Gasteiger partial charge in [0.05, 0.1) is 18.1 Å². The fraction of sp³-hybridized carbons (Fsp3) is 0.800. The Balaban J connectivity index is 1.39. The van der Waals surface area contributed by atoms with E-state index < -0.39 is 5.60 Å². The number of fused-ring (bicyclic) bond motifs is 2. The second kappa shape index (κ2) is 6.75. The van der Waals surface area contributed by atoms with Gasteiger partial charge in [0.25, 0.3) is 0 Å². The van der Waals surface area contributed by atoms with E-state index >= 15 is 0 Å². The second-order valence-electron chi connectivity index (χ2n) is 8.21. The van der Waals surface area contributed by atoms with Crippen LogP contribution in [0.4, 0.5) is 0 Å². The Morgan fingerprint density at radius 3 is 2.60 bits per heavy atom. The van der Waals surface area contributed by atoms with Gasteiger partial charge in [-0.15, -0.1) is 0 Å². The standard InChI is InChI=1S/C20H28O5/c1-13(21)23-12-16-6-7-18(24-16)20(8-2-3-9-20)25-19(22)17-11-14-4-5-15(17)10-14/h4-5,14-18H,2-3,6-12H2,1H3. The maximum absolute atomic E-state index is 12.9. The normalized spacial score (nSPS) is 38.2. The van der Waals surface area contributed by atoms with E-state index in [1.807, 2.05) is 0 Å². The van der Waals surface area contributed by atoms with Gasteiger partial charge in [0.2, 0.25) is 0 Å². The molecule has 1 saturated heterocycles. The van der Waals surface area contributed by atoms with Crippen molar-refractivity contribution in [2.45, 2.75) is 76.1 Å². The van der Waals surface area contributed by atoms with E-state index in [0.29, 0.717) is 18.4 Å². The third-order valence-corrected chi connectivity index (χ3v) is 6.50. The molecule has 3 fully saturated rings. The third kappa shape index (κ3) is 3.35. The fourth-order valence-corrected chi connectivity index (χ4v) is 5.22. The van der Waals surface area contributed by atoms with Crippen molar-refractivity contribution < 1.29 is 23.8 Å². The lowest BCUT2D eigenvalue weighted by Gasteiger charge is -2.36. The van der Waals surface area contributed by atoms with Crippen molar-refractivity contribution in [2.24, 2.45) is 17.8 Å². The SMILES string of the molecule is CC(=O)OCC1CCC(C2(OC(=O)C3CC4C=CC3C4)CCCC2)O1. The molecule has 5 unspecified atom stereocenters. The first-order valence-electron chi connectivity index (χ1n) is 9.76. The number of hydrogen-bond acceptors (Lipinski definition) is 5. The summed E-state index contributed by atoms with van der Waals surface area (Å²) >= 11 is 0. The van der Waals surface area contributed by atoms with E-state index in [9.17, 15) is 9.59 Å². The number of ether oxygens (including phenoxy) is 3. The van der Waals surface area contributed by atoms with E-state index in [-0.39, 0.29) is 30.1 Å². The molecule has 138 valence electrons. The lowest BCUT2D eigenvalue weighted by Crippen LogP contribution is -2.46. The van der Waals surface area contributed by atoms with Gasteiger partial charge >= 0.3 is 11.9 Å². The zero-order valence-corrected chi connectivity index (χ0v) is 14.9. The molecule has 5 atom stereocenters. The summed E-state index contributed by atoms with van der Waals surface area (Å²) in [7, 11) is 0. The molecule has 0 aromatic carbocycles. The van der Waals surface area contributed by atoms with Crippen LogP contribution in [0.5, 0.6) is 0 Å². The van der Waals surface area contributed by atoms with Crippen molar-refractivity contribution in [1.82, 2.24) is 0 Å². The van der Waals surface area contributed by atoms with Crippen LogP contribution in [-0.4, -0.2) is 36.4 Å². The highest BCUT2D eigenvalue weighted by molar-refractivity contribution is 5.74. The summed E-state index contributed by atoms with van der Waals surface area (Å²) in [5.41, 5.74) is -0.465. The van der Waals surface area contributed by atoms with Gasteiger partial charge in [0.1, 0.15) is 12.2 Å². The van der Waals surface area contributed by atoms with E-state index in [1.54, 1.807) is 0 Å². The van der Waals surface area contributed by atoms with Crippen LogP contribution in [0.15, 0.2) is 12.2 Å². The van der Waals surface area contributed by atoms with Crippen molar-refractivity contribution in [3.8, 4) is 0 Å². The highest BCUT2D eigenvalue weighted by atomic mass is 16.6. The molecule has 5 nitrogen and oxygen atoms in total. The molecule has 4 aliphatic rings. The maximum atomic E-state index is 12.9. The smallest absolute Gasteiger partial charge is 0.310 e. The van der Waals surface area contributed by atoms with Gasteiger partial charge < -0.3 is 14.2 Å². The Bertz CT molecular complexity index is 562. The first kappa shape index (κ1) is 17.1. The predicted octanol–water partition coefficient (Wildman–Crippen LogP) is 3.17. The number of esters is 2. The minimum atomic E-state index is -0.465. The maximum Gasteiger partial charge on any atom is 0.310 e. The molecular weight excluding hydrogens is 320 g/mol. The van der Waals surface area contributed by atoms with Crippen molar-refractivity contribution in [2.75, 3.05) is 6.61 Å². The Morgan fingerprint density at radius 1 is 1.16 bits per heavy atom. The van der Waals surface area contributed by atoms with E-state index in [0.717, 1.165) is 51.4 Å². The Labute approximate surface area is 149 Å². The average molecular weight is 348 g/mol. The Kier molecular flexibility index (Phi) is 4.61. The van der Waals surface area contributed by atoms with Crippen LogP contribution in [0.1, 0.15) is 58.3 Å². The summed E-state index contributed by atoms with van der Waals surface area (Å²) < 4.78 is 17.4. The van der Waals surface area contributed by atoms with Gasteiger partial charge in [-0.3, -0.25) is 9.59 Å². The average Bonchev–Trinajstić information content (AvgIpc) is 3.35. The summed E-state index contributed by atoms with van der Waals surface area (Å²) in [6, 6.07) is 0. The third-order valence-electron chi connectivity index (χ3n) is 6.50. The van der Waals surface area contributed by atoms with E-state index in [1.165, 1.54) is 6.92 Å². The van der Waals surface area contributed by atoms with Crippen LogP contribution >= 0.6 is 0 Å². The summed E-state index contributed by atoms with van der Waals surface area (Å²) in [5, 5.41) is 0. The second-order valence-corrected chi connectivity index (χ2v) is 8.21. The van der Waals surface area contributed by atoms with Gasteiger partial charge in [0.15, 0.2) is 0 Å².